The molecule has 1 rings (SSSR count). The van der Waals surface area contributed by atoms with E-state index >= 15 is 0 Å². The van der Waals surface area contributed by atoms with Gasteiger partial charge in [-0.2, -0.15) is 13.2 Å². The molecule has 0 amide bonds. The minimum absolute atomic E-state index is 0.0814. The van der Waals surface area contributed by atoms with Crippen LogP contribution in [0, 0.1) is 18.3 Å². The predicted octanol–water partition coefficient (Wildman–Crippen LogP) is 3.82. The highest BCUT2D eigenvalue weighted by Gasteiger charge is 2.36. The van der Waals surface area contributed by atoms with E-state index in [1.54, 1.807) is 6.92 Å². The molecule has 0 fully saturated rings. The Morgan fingerprint density at radius 1 is 1.44 bits per heavy atom. The number of benzene rings is 1. The molecule has 0 aliphatic rings. The smallest absolute Gasteiger partial charge is 0.166 e. The third-order valence-electron chi connectivity index (χ3n) is 2.23. The summed E-state index contributed by atoms with van der Waals surface area (Å²) in [7, 11) is 0. The number of alkyl halides is 3. The number of hydrogen-bond acceptors (Lipinski definition) is 0. The Morgan fingerprint density at radius 3 is 2.50 bits per heavy atom. The first-order valence-electron chi connectivity index (χ1n) is 4.55. The Kier molecular flexibility index (Phi) is 3.44. The minimum Gasteiger partial charge on any atom is -0.166 e. The molecule has 0 bridgehead atoms. The van der Waals surface area contributed by atoms with Gasteiger partial charge in [0.1, 0.15) is 0 Å². The number of terminal acetylenes is 1. The molecule has 1 aromatic rings. The normalized spacial score (nSPS) is 11.2. The second kappa shape index (κ2) is 4.44. The number of halogens is 3. The third kappa shape index (κ3) is 2.27. The lowest BCUT2D eigenvalue weighted by Gasteiger charge is -2.17. The number of allylic oxidation sites excluding steroid dienone is 1. The van der Waals surface area contributed by atoms with Crippen molar-refractivity contribution in [2.75, 3.05) is 0 Å². The lowest BCUT2D eigenvalue weighted by Crippen LogP contribution is -2.13. The molecule has 0 aromatic heterocycles. The van der Waals surface area contributed by atoms with Crippen LogP contribution in [0.3, 0.4) is 0 Å². The van der Waals surface area contributed by atoms with E-state index in [-0.39, 0.29) is 11.1 Å². The lowest BCUT2D eigenvalue weighted by atomic mass is 9.92. The van der Waals surface area contributed by atoms with Gasteiger partial charge >= 0.3 is 6.18 Å². The molecule has 83 valence electrons. The molecule has 0 heterocycles. The quantitative estimate of drug-likeness (QED) is 0.669. The van der Waals surface area contributed by atoms with Crippen molar-refractivity contribution in [3.8, 4) is 12.3 Å². The van der Waals surface area contributed by atoms with E-state index in [9.17, 15) is 13.2 Å². The van der Waals surface area contributed by atoms with Crippen LogP contribution in [0.1, 0.15) is 23.6 Å². The van der Waals surface area contributed by atoms with E-state index in [1.165, 1.54) is 24.3 Å². The summed E-state index contributed by atoms with van der Waals surface area (Å²) in [5.41, 5.74) is -0.834. The highest BCUT2D eigenvalue weighted by Crippen LogP contribution is 2.37. The van der Waals surface area contributed by atoms with Crippen LogP contribution in [-0.4, -0.2) is 0 Å². The third-order valence-corrected chi connectivity index (χ3v) is 2.23. The average molecular weight is 223 g/mol. The van der Waals surface area contributed by atoms with Crippen molar-refractivity contribution in [1.29, 1.82) is 0 Å². The van der Waals surface area contributed by atoms with Crippen LogP contribution in [0.5, 0.6) is 0 Å². The van der Waals surface area contributed by atoms with E-state index in [4.69, 9.17) is 6.42 Å². The van der Waals surface area contributed by atoms with Crippen molar-refractivity contribution < 1.29 is 13.2 Å². The summed E-state index contributed by atoms with van der Waals surface area (Å²) >= 11 is 0. The van der Waals surface area contributed by atoms with Crippen LogP contribution >= 0.6 is 0 Å². The first-order chi connectivity index (χ1) is 7.41. The maximum atomic E-state index is 12.8. The predicted molar refractivity (Wildman–Crippen MR) is 57.6 cm³/mol. The van der Waals surface area contributed by atoms with Crippen molar-refractivity contribution in [3.63, 3.8) is 0 Å². The summed E-state index contributed by atoms with van der Waals surface area (Å²) in [6, 6.07) is 4.18. The Bertz CT molecular complexity index is 435. The Hall–Kier alpha value is -1.69. The van der Waals surface area contributed by atoms with Gasteiger partial charge in [-0.15, -0.1) is 13.0 Å². The van der Waals surface area contributed by atoms with Gasteiger partial charge in [0.2, 0.25) is 0 Å². The summed E-state index contributed by atoms with van der Waals surface area (Å²) in [5.74, 6) is 2.50. The van der Waals surface area contributed by atoms with Crippen molar-refractivity contribution in [3.05, 3.63) is 53.5 Å². The maximum absolute atomic E-state index is 12.8. The van der Waals surface area contributed by atoms with Gasteiger partial charge in [-0.1, -0.05) is 31.1 Å². The van der Waals surface area contributed by atoms with Crippen LogP contribution in [-0.2, 0) is 6.18 Å². The molecule has 1 radical (unpaired) electrons. The Labute approximate surface area is 92.8 Å². The molecule has 3 heteroatoms. The molecule has 0 atom stereocenters. The molecule has 0 N–H and O–H groups in total. The van der Waals surface area contributed by atoms with Gasteiger partial charge in [-0.25, -0.2) is 0 Å². The zero-order chi connectivity index (χ0) is 12.3. The number of rotatable bonds is 2. The highest BCUT2D eigenvalue weighted by molar-refractivity contribution is 5.52. The van der Waals surface area contributed by atoms with Crippen LogP contribution in [0.4, 0.5) is 13.2 Å². The van der Waals surface area contributed by atoms with Crippen LogP contribution in [0.2, 0.25) is 0 Å². The van der Waals surface area contributed by atoms with E-state index in [2.05, 4.69) is 12.5 Å². The van der Waals surface area contributed by atoms with Gasteiger partial charge in [0.15, 0.2) is 0 Å². The van der Waals surface area contributed by atoms with Gasteiger partial charge < -0.3 is 0 Å². The summed E-state index contributed by atoms with van der Waals surface area (Å²) in [6.07, 6.45) is 2.00. The molecular formula is C13H10F3. The highest BCUT2D eigenvalue weighted by atomic mass is 19.4. The molecule has 0 unspecified atom stereocenters. The second-order valence-electron chi connectivity index (χ2n) is 3.26. The monoisotopic (exact) mass is 223 g/mol. The van der Waals surface area contributed by atoms with Gasteiger partial charge in [-0.3, -0.25) is 0 Å². The molecule has 0 nitrogen and oxygen atoms in total. The van der Waals surface area contributed by atoms with Gasteiger partial charge in [-0.05, 0) is 11.6 Å². The van der Waals surface area contributed by atoms with E-state index in [1.807, 2.05) is 0 Å². The summed E-state index contributed by atoms with van der Waals surface area (Å²) < 4.78 is 38.5. The first-order valence-corrected chi connectivity index (χ1v) is 4.55. The topological polar surface area (TPSA) is 0 Å². The van der Waals surface area contributed by atoms with Crippen molar-refractivity contribution in [2.45, 2.75) is 13.1 Å². The van der Waals surface area contributed by atoms with Crippen molar-refractivity contribution in [2.24, 2.45) is 0 Å². The fourth-order valence-corrected chi connectivity index (χ4v) is 1.42. The van der Waals surface area contributed by atoms with Gasteiger partial charge in [0.05, 0.1) is 5.56 Å². The largest absolute Gasteiger partial charge is 0.417 e. The fourth-order valence-electron chi connectivity index (χ4n) is 1.42. The van der Waals surface area contributed by atoms with E-state index in [0.717, 1.165) is 0 Å². The van der Waals surface area contributed by atoms with Crippen LogP contribution in [0.25, 0.3) is 0 Å². The first kappa shape index (κ1) is 12.4. The van der Waals surface area contributed by atoms with Crippen molar-refractivity contribution >= 4 is 0 Å². The van der Waals surface area contributed by atoms with Crippen LogP contribution in [0.15, 0.2) is 30.9 Å². The zero-order valence-electron chi connectivity index (χ0n) is 8.73. The molecular weight excluding hydrogens is 213 g/mol. The molecule has 1 aromatic carbocycles. The van der Waals surface area contributed by atoms with E-state index < -0.39 is 11.7 Å². The number of hydrogen-bond donors (Lipinski definition) is 0. The standard InChI is InChI=1S/C13H10F3/c1-4-9(3)11-8-6-7-10(5-2)12(11)13(14,15)16/h2,4,6-8H,1H2,3H3. The zero-order valence-corrected chi connectivity index (χ0v) is 8.73. The lowest BCUT2D eigenvalue weighted by molar-refractivity contribution is -0.138. The molecule has 0 aliphatic heterocycles. The SMILES string of the molecule is C#Cc1cccc([C](C)C=C)c1C(F)(F)F. The van der Waals surface area contributed by atoms with Crippen molar-refractivity contribution in [1.82, 2.24) is 0 Å². The second-order valence-corrected chi connectivity index (χ2v) is 3.26. The maximum Gasteiger partial charge on any atom is 0.417 e. The van der Waals surface area contributed by atoms with Gasteiger partial charge in [0.25, 0.3) is 0 Å². The average Bonchev–Trinajstić information content (AvgIpc) is 2.25. The minimum atomic E-state index is -4.46. The molecule has 0 saturated carbocycles. The van der Waals surface area contributed by atoms with Gasteiger partial charge in [0, 0.05) is 11.5 Å². The Morgan fingerprint density at radius 2 is 2.06 bits per heavy atom. The fraction of sp³-hybridized carbons (Fsp3) is 0.154. The Balaban J connectivity index is 3.51. The van der Waals surface area contributed by atoms with E-state index in [0.29, 0.717) is 5.92 Å². The molecule has 0 spiro atoms. The summed E-state index contributed by atoms with van der Waals surface area (Å²) in [5, 5.41) is 0. The molecule has 0 saturated heterocycles. The summed E-state index contributed by atoms with van der Waals surface area (Å²) in [6.45, 7) is 5.03. The molecule has 16 heavy (non-hydrogen) atoms. The molecule has 0 aliphatic carbocycles. The summed E-state index contributed by atoms with van der Waals surface area (Å²) in [4.78, 5) is 0. The van der Waals surface area contributed by atoms with Crippen LogP contribution < -0.4 is 0 Å².